The van der Waals surface area contributed by atoms with E-state index in [1.54, 1.807) is 43.1 Å². The second-order valence-electron chi connectivity index (χ2n) is 12.4. The molecular formula is C37H41N7O3. The van der Waals surface area contributed by atoms with Gasteiger partial charge in [-0.1, -0.05) is 19.1 Å². The third kappa shape index (κ3) is 6.63. The summed E-state index contributed by atoms with van der Waals surface area (Å²) in [5.41, 5.74) is 8.97. The molecule has 10 heteroatoms. The molecule has 3 aliphatic rings. The first kappa shape index (κ1) is 30.7. The summed E-state index contributed by atoms with van der Waals surface area (Å²) in [6.45, 7) is 6.16. The van der Waals surface area contributed by atoms with Gasteiger partial charge in [0.15, 0.2) is 11.9 Å². The minimum Gasteiger partial charge on any atom is -0.497 e. The topological polar surface area (TPSA) is 106 Å². The van der Waals surface area contributed by atoms with Crippen LogP contribution in [0.2, 0.25) is 0 Å². The minimum absolute atomic E-state index is 0.211. The summed E-state index contributed by atoms with van der Waals surface area (Å²) in [5.74, 6) is 2.64. The molecule has 0 aliphatic carbocycles. The summed E-state index contributed by atoms with van der Waals surface area (Å²) in [7, 11) is 1.61. The number of methoxy groups -OCH3 is 1. The summed E-state index contributed by atoms with van der Waals surface area (Å²) >= 11 is 0. The molecule has 1 aromatic heterocycles. The van der Waals surface area contributed by atoms with E-state index in [0.29, 0.717) is 5.75 Å². The zero-order valence-corrected chi connectivity index (χ0v) is 27.3. The van der Waals surface area contributed by atoms with Crippen molar-refractivity contribution >= 4 is 34.4 Å². The Morgan fingerprint density at radius 2 is 1.68 bits per heavy atom. The summed E-state index contributed by atoms with van der Waals surface area (Å²) in [6.07, 6.45) is 7.26. The average Bonchev–Trinajstić information content (AvgIpc) is 3.63. The molecule has 0 spiro atoms. The summed E-state index contributed by atoms with van der Waals surface area (Å²) < 4.78 is 10.9. The van der Waals surface area contributed by atoms with E-state index in [1.165, 1.54) is 35.2 Å². The van der Waals surface area contributed by atoms with E-state index in [1.807, 2.05) is 24.3 Å². The van der Waals surface area contributed by atoms with Gasteiger partial charge in [0.2, 0.25) is 5.82 Å². The molecule has 0 saturated carbocycles. The summed E-state index contributed by atoms with van der Waals surface area (Å²) in [4.78, 5) is 26.9. The number of rotatable bonds is 11. The predicted molar refractivity (Wildman–Crippen MR) is 185 cm³/mol. The van der Waals surface area contributed by atoms with Crippen LogP contribution in [0.5, 0.6) is 11.5 Å². The highest BCUT2D eigenvalue weighted by molar-refractivity contribution is 6.49. The first-order chi connectivity index (χ1) is 23.0. The fourth-order valence-corrected chi connectivity index (χ4v) is 6.65. The number of carbonyl (C=O) groups is 1. The first-order valence-electron chi connectivity index (χ1n) is 16.7. The number of ether oxygens (including phenoxy) is 2. The molecule has 1 atom stereocenters. The monoisotopic (exact) mass is 631 g/mol. The maximum atomic E-state index is 12.7. The van der Waals surface area contributed by atoms with Gasteiger partial charge >= 0.3 is 0 Å². The molecule has 1 amide bonds. The number of nitrogens with zero attached hydrogens (tertiary/aromatic N) is 6. The van der Waals surface area contributed by atoms with Crippen LogP contribution in [0.3, 0.4) is 0 Å². The third-order valence-corrected chi connectivity index (χ3v) is 9.06. The van der Waals surface area contributed by atoms with Gasteiger partial charge in [-0.25, -0.2) is 9.98 Å². The normalized spacial score (nSPS) is 16.4. The Morgan fingerprint density at radius 1 is 0.979 bits per heavy atom. The lowest BCUT2D eigenvalue weighted by atomic mass is 9.91. The maximum Gasteiger partial charge on any atom is 0.265 e. The lowest BCUT2D eigenvalue weighted by molar-refractivity contribution is -0.122. The number of aliphatic imine (C=N–C) groups is 1. The Hall–Kier alpha value is -4.99. The molecule has 1 N–H and O–H groups in total. The van der Waals surface area contributed by atoms with Crippen molar-refractivity contribution in [1.29, 1.82) is 0 Å². The minimum atomic E-state index is -0.646. The van der Waals surface area contributed by atoms with Crippen LogP contribution in [0.4, 0.5) is 17.1 Å². The molecule has 3 aromatic carbocycles. The predicted octanol–water partition coefficient (Wildman–Crippen LogP) is 6.32. The van der Waals surface area contributed by atoms with Crippen LogP contribution in [-0.4, -0.2) is 58.5 Å². The van der Waals surface area contributed by atoms with Crippen LogP contribution in [0.15, 0.2) is 70.8 Å². The molecule has 10 nitrogen and oxygen atoms in total. The highest BCUT2D eigenvalue weighted by Crippen LogP contribution is 2.38. The van der Waals surface area contributed by atoms with Crippen molar-refractivity contribution in [2.24, 2.45) is 10.1 Å². The molecule has 0 saturated heterocycles. The van der Waals surface area contributed by atoms with E-state index in [9.17, 15) is 4.79 Å². The van der Waals surface area contributed by atoms with Gasteiger partial charge in [-0.3, -0.25) is 4.79 Å². The molecule has 1 unspecified atom stereocenters. The lowest BCUT2D eigenvalue weighted by Crippen LogP contribution is -2.34. The number of aromatic nitrogens is 3. The standard InChI is InChI=1S/C37H41N7O3/c1-4-32-34(38-29-22-26-9-6-20-43-21-7-10-27(23-29)35(26)43)36-40-33(42-44(36)41-32)11-5-8-25-12-14-28(15-13-25)39-37(45)24(2)47-31-18-16-30(46-3)17-19-31/h12-19,22-24H,4-11,20-21H2,1-3H3,(H,39,45). The van der Waals surface area contributed by atoms with Crippen molar-refractivity contribution in [3.8, 4) is 11.5 Å². The Labute approximate surface area is 275 Å². The van der Waals surface area contributed by atoms with E-state index in [4.69, 9.17) is 29.7 Å². The molecule has 7 rings (SSSR count). The lowest BCUT2D eigenvalue weighted by Gasteiger charge is -2.37. The number of benzene rings is 3. The Kier molecular flexibility index (Phi) is 8.74. The van der Waals surface area contributed by atoms with Crippen LogP contribution in [-0.2, 0) is 30.5 Å². The number of hydrogen-bond donors (Lipinski definition) is 1. The van der Waals surface area contributed by atoms with Crippen molar-refractivity contribution in [3.63, 3.8) is 0 Å². The van der Waals surface area contributed by atoms with Gasteiger partial charge < -0.3 is 19.7 Å². The smallest absolute Gasteiger partial charge is 0.265 e. The van der Waals surface area contributed by atoms with Crippen LogP contribution < -0.4 is 19.7 Å². The van der Waals surface area contributed by atoms with Gasteiger partial charge in [0.05, 0.1) is 18.5 Å². The fourth-order valence-electron chi connectivity index (χ4n) is 6.65. The molecule has 4 aromatic rings. The van der Waals surface area contributed by atoms with Crippen LogP contribution in [0.25, 0.3) is 0 Å². The van der Waals surface area contributed by atoms with Crippen molar-refractivity contribution < 1.29 is 14.3 Å². The second kappa shape index (κ2) is 13.4. The van der Waals surface area contributed by atoms with Gasteiger partial charge in [-0.05, 0) is 117 Å². The Bertz CT molecular complexity index is 1790. The number of fused-ring (bicyclic) bond motifs is 1. The molecule has 4 heterocycles. The Balaban J connectivity index is 0.953. The van der Waals surface area contributed by atoms with Crippen LogP contribution in [0.1, 0.15) is 67.9 Å². The molecule has 47 heavy (non-hydrogen) atoms. The molecule has 3 aliphatic heterocycles. The molecule has 0 bridgehead atoms. The number of amides is 1. The van der Waals surface area contributed by atoms with E-state index in [-0.39, 0.29) is 5.91 Å². The van der Waals surface area contributed by atoms with Gasteiger partial charge in [0.1, 0.15) is 17.2 Å². The molecule has 0 fully saturated rings. The molecule has 242 valence electrons. The van der Waals surface area contributed by atoms with E-state index in [0.717, 1.165) is 91.8 Å². The van der Waals surface area contributed by atoms with Crippen molar-refractivity contribution in [1.82, 2.24) is 14.9 Å². The number of hydrogen-bond acceptors (Lipinski definition) is 8. The van der Waals surface area contributed by atoms with E-state index in [2.05, 4.69) is 29.3 Å². The largest absolute Gasteiger partial charge is 0.497 e. The number of anilines is 2. The zero-order chi connectivity index (χ0) is 32.3. The number of carbonyl (C=O) groups excluding carboxylic acids is 1. The van der Waals surface area contributed by atoms with Crippen LogP contribution >= 0.6 is 0 Å². The van der Waals surface area contributed by atoms with E-state index >= 15 is 0 Å². The third-order valence-electron chi connectivity index (χ3n) is 9.06. The highest BCUT2D eigenvalue weighted by Gasteiger charge is 2.28. The summed E-state index contributed by atoms with van der Waals surface area (Å²) in [6, 6.07) is 19.6. The Morgan fingerprint density at radius 3 is 2.36 bits per heavy atom. The quantitative estimate of drug-likeness (QED) is 0.208. The number of aryl methyl sites for hydroxylation is 4. The molecular weight excluding hydrogens is 590 g/mol. The maximum absolute atomic E-state index is 12.7. The van der Waals surface area contributed by atoms with Gasteiger partial charge in [0.25, 0.3) is 5.91 Å². The van der Waals surface area contributed by atoms with Crippen molar-refractivity contribution in [2.45, 2.75) is 71.3 Å². The first-order valence-corrected chi connectivity index (χ1v) is 16.7. The van der Waals surface area contributed by atoms with Gasteiger partial charge in [-0.15, -0.1) is 9.89 Å². The van der Waals surface area contributed by atoms with E-state index < -0.39 is 6.10 Å². The van der Waals surface area contributed by atoms with Gasteiger partial charge in [0, 0.05) is 30.9 Å². The zero-order valence-electron chi connectivity index (χ0n) is 27.3. The van der Waals surface area contributed by atoms with Gasteiger partial charge in [-0.2, -0.15) is 5.10 Å². The average molecular weight is 632 g/mol. The highest BCUT2D eigenvalue weighted by atomic mass is 16.5. The summed E-state index contributed by atoms with van der Waals surface area (Å²) in [5, 5.41) is 12.4. The van der Waals surface area contributed by atoms with Crippen molar-refractivity contribution in [2.75, 3.05) is 30.4 Å². The number of nitrogens with one attached hydrogen (secondary N) is 1. The second-order valence-corrected chi connectivity index (χ2v) is 12.4. The SMILES string of the molecule is CCC1=Nn2nc(CCCc3ccc(NC(=O)C(C)Oc4ccc(OC)cc4)cc3)nc2C1=Nc1cc2c3c(c1)CCCN3CCC2. The fraction of sp³-hybridized carbons (Fsp3) is 0.378. The van der Waals surface area contributed by atoms with Crippen molar-refractivity contribution in [3.05, 3.63) is 89.0 Å². The molecule has 0 radical (unpaired) electrons. The van der Waals surface area contributed by atoms with Crippen LogP contribution in [0, 0.1) is 0 Å².